The van der Waals surface area contributed by atoms with E-state index in [0.29, 0.717) is 24.4 Å². The Morgan fingerprint density at radius 1 is 1.03 bits per heavy atom. The lowest BCUT2D eigenvalue weighted by Gasteiger charge is -2.40. The number of benzene rings is 2. The smallest absolute Gasteiger partial charge is 0.338 e. The Kier molecular flexibility index (Phi) is 8.57. The first-order chi connectivity index (χ1) is 17.5. The molecule has 36 heavy (non-hydrogen) atoms. The lowest BCUT2D eigenvalue weighted by molar-refractivity contribution is -0.139. The molecule has 1 saturated heterocycles. The lowest BCUT2D eigenvalue weighted by atomic mass is 9.91. The van der Waals surface area contributed by atoms with Crippen LogP contribution in [0.25, 0.3) is 0 Å². The predicted octanol–water partition coefficient (Wildman–Crippen LogP) is 3.88. The minimum Gasteiger partial charge on any atom is -0.463 e. The summed E-state index contributed by atoms with van der Waals surface area (Å²) in [6.07, 6.45) is 1.69. The van der Waals surface area contributed by atoms with Gasteiger partial charge < -0.3 is 10.1 Å². The highest BCUT2D eigenvalue weighted by Gasteiger charge is 2.39. The zero-order valence-corrected chi connectivity index (χ0v) is 21.3. The van der Waals surface area contributed by atoms with E-state index in [2.05, 4.69) is 46.0 Å². The summed E-state index contributed by atoms with van der Waals surface area (Å²) < 4.78 is 5.51. The van der Waals surface area contributed by atoms with E-state index in [4.69, 9.17) is 4.74 Å². The van der Waals surface area contributed by atoms with Crippen molar-refractivity contribution < 1.29 is 14.3 Å². The maximum Gasteiger partial charge on any atom is 0.338 e. The largest absolute Gasteiger partial charge is 0.463 e. The number of carbonyl (C=O) groups is 2. The van der Waals surface area contributed by atoms with Gasteiger partial charge in [0.2, 0.25) is 0 Å². The molecule has 0 aliphatic carbocycles. The number of amides is 2. The number of hydrogen-bond acceptors (Lipinski definition) is 5. The number of urea groups is 1. The van der Waals surface area contributed by atoms with Crippen molar-refractivity contribution in [2.45, 2.75) is 26.4 Å². The fraction of sp³-hybridized carbons (Fsp3) is 0.379. The van der Waals surface area contributed by atoms with E-state index in [1.54, 1.807) is 17.9 Å². The summed E-state index contributed by atoms with van der Waals surface area (Å²) in [5.41, 5.74) is 4.41. The molecule has 2 heterocycles. The minimum atomic E-state index is -0.562. The first-order valence-corrected chi connectivity index (χ1v) is 12.6. The van der Waals surface area contributed by atoms with E-state index in [0.717, 1.165) is 43.9 Å². The molecule has 7 heteroatoms. The first-order valence-electron chi connectivity index (χ1n) is 12.6. The van der Waals surface area contributed by atoms with Crippen LogP contribution in [0.4, 0.5) is 4.79 Å². The summed E-state index contributed by atoms with van der Waals surface area (Å²) in [7, 11) is 0. The van der Waals surface area contributed by atoms with Crippen molar-refractivity contribution in [2.24, 2.45) is 0 Å². The molecule has 1 N–H and O–H groups in total. The summed E-state index contributed by atoms with van der Waals surface area (Å²) in [6.45, 7) is 13.2. The average molecular weight is 489 g/mol. The molecule has 0 radical (unpaired) electrons. The molecule has 0 aromatic heterocycles. The van der Waals surface area contributed by atoms with Gasteiger partial charge in [-0.05, 0) is 30.5 Å². The number of piperazine rings is 1. The number of rotatable bonds is 9. The molecule has 1 atom stereocenters. The van der Waals surface area contributed by atoms with Crippen LogP contribution in [-0.4, -0.2) is 72.6 Å². The van der Waals surface area contributed by atoms with Gasteiger partial charge >= 0.3 is 12.0 Å². The van der Waals surface area contributed by atoms with Gasteiger partial charge in [0.1, 0.15) is 0 Å². The van der Waals surface area contributed by atoms with Crippen LogP contribution in [0, 0.1) is 6.92 Å². The van der Waals surface area contributed by atoms with Crippen LogP contribution in [0.3, 0.4) is 0 Å². The Labute approximate surface area is 214 Å². The second-order valence-electron chi connectivity index (χ2n) is 9.26. The van der Waals surface area contributed by atoms with E-state index >= 15 is 0 Å². The van der Waals surface area contributed by atoms with Crippen LogP contribution in [0.1, 0.15) is 29.7 Å². The number of hydrogen-bond donors (Lipinski definition) is 1. The number of carbonyl (C=O) groups excluding carboxylic acids is 2. The normalized spacial score (nSPS) is 19.2. The third-order valence-electron chi connectivity index (χ3n) is 6.83. The van der Waals surface area contributed by atoms with Crippen LogP contribution in [-0.2, 0) is 16.1 Å². The quantitative estimate of drug-likeness (QED) is 0.429. The van der Waals surface area contributed by atoms with Crippen LogP contribution >= 0.6 is 0 Å². The van der Waals surface area contributed by atoms with Gasteiger partial charge in [0, 0.05) is 51.5 Å². The monoisotopic (exact) mass is 488 g/mol. The van der Waals surface area contributed by atoms with E-state index in [1.807, 2.05) is 37.3 Å². The molecule has 2 aromatic rings. The molecule has 2 aromatic carbocycles. The second kappa shape index (κ2) is 12.0. The Morgan fingerprint density at radius 3 is 2.31 bits per heavy atom. The molecule has 0 bridgehead atoms. The zero-order valence-electron chi connectivity index (χ0n) is 21.3. The highest BCUT2D eigenvalue weighted by atomic mass is 16.5. The van der Waals surface area contributed by atoms with Gasteiger partial charge in [-0.2, -0.15) is 0 Å². The highest BCUT2D eigenvalue weighted by molar-refractivity contribution is 5.95. The predicted molar refractivity (Wildman–Crippen MR) is 141 cm³/mol. The van der Waals surface area contributed by atoms with Gasteiger partial charge in [-0.25, -0.2) is 9.59 Å². The SMILES string of the molecule is C=CCN1C(=O)N[C@H](c2ccccc2C)C(C(=O)OCC)=C1CN1CCN(Cc2ccccc2)CC1. The molecule has 0 unspecified atom stereocenters. The molecule has 2 aliphatic rings. The number of aryl methyl sites for hydroxylation is 1. The molecule has 2 amide bonds. The molecule has 1 fully saturated rings. The molecule has 2 aliphatic heterocycles. The van der Waals surface area contributed by atoms with Crippen LogP contribution < -0.4 is 5.32 Å². The molecular formula is C29H36N4O3. The lowest BCUT2D eigenvalue weighted by Crippen LogP contribution is -2.53. The van der Waals surface area contributed by atoms with Crippen molar-refractivity contribution in [1.29, 1.82) is 0 Å². The van der Waals surface area contributed by atoms with Crippen LogP contribution in [0.15, 0.2) is 78.5 Å². The fourth-order valence-corrected chi connectivity index (χ4v) is 4.95. The highest BCUT2D eigenvalue weighted by Crippen LogP contribution is 2.33. The molecule has 0 saturated carbocycles. The third-order valence-corrected chi connectivity index (χ3v) is 6.83. The number of nitrogens with zero attached hydrogens (tertiary/aromatic N) is 3. The molecule has 0 spiro atoms. The average Bonchev–Trinajstić information content (AvgIpc) is 2.88. The van der Waals surface area contributed by atoms with Gasteiger partial charge in [-0.3, -0.25) is 14.7 Å². The standard InChI is InChI=1S/C29H36N4O3/c1-4-15-33-25(21-32-18-16-31(17-19-32)20-23-12-7-6-8-13-23)26(28(34)36-5-2)27(30-29(33)35)24-14-10-9-11-22(24)3/h4,6-14,27H,1,5,15-21H2,2-3H3,(H,30,35)/t27-/m1/s1. The number of nitrogens with one attached hydrogen (secondary N) is 1. The van der Waals surface area contributed by atoms with Crippen molar-refractivity contribution in [2.75, 3.05) is 45.9 Å². The Bertz CT molecular complexity index is 1110. The molecule has 7 nitrogen and oxygen atoms in total. The Balaban J connectivity index is 1.62. The summed E-state index contributed by atoms with van der Waals surface area (Å²) in [5, 5.41) is 3.05. The van der Waals surface area contributed by atoms with Crippen molar-refractivity contribution in [3.05, 3.63) is 95.2 Å². The maximum atomic E-state index is 13.3. The second-order valence-corrected chi connectivity index (χ2v) is 9.26. The van der Waals surface area contributed by atoms with Crippen molar-refractivity contribution in [3.63, 3.8) is 0 Å². The Morgan fingerprint density at radius 2 is 1.67 bits per heavy atom. The van der Waals surface area contributed by atoms with Crippen molar-refractivity contribution >= 4 is 12.0 Å². The first kappa shape index (κ1) is 25.7. The number of ether oxygens (including phenoxy) is 1. The van der Waals surface area contributed by atoms with Gasteiger partial charge in [0.15, 0.2) is 0 Å². The van der Waals surface area contributed by atoms with Gasteiger partial charge in [-0.15, -0.1) is 6.58 Å². The summed E-state index contributed by atoms with van der Waals surface area (Å²) in [4.78, 5) is 33.0. The zero-order chi connectivity index (χ0) is 25.5. The molecule has 4 rings (SSSR count). The summed E-state index contributed by atoms with van der Waals surface area (Å²) >= 11 is 0. The van der Waals surface area contributed by atoms with Crippen LogP contribution in [0.2, 0.25) is 0 Å². The topological polar surface area (TPSA) is 65.1 Å². The summed E-state index contributed by atoms with van der Waals surface area (Å²) in [6, 6.07) is 17.5. The van der Waals surface area contributed by atoms with E-state index in [1.165, 1.54) is 5.56 Å². The number of esters is 1. The third kappa shape index (κ3) is 5.86. The van der Waals surface area contributed by atoms with E-state index in [9.17, 15) is 9.59 Å². The van der Waals surface area contributed by atoms with E-state index in [-0.39, 0.29) is 12.6 Å². The molecular weight excluding hydrogens is 452 g/mol. The van der Waals surface area contributed by atoms with Crippen molar-refractivity contribution in [1.82, 2.24) is 20.0 Å². The molecule has 190 valence electrons. The van der Waals surface area contributed by atoms with Gasteiger partial charge in [-0.1, -0.05) is 60.7 Å². The Hall–Kier alpha value is -3.42. The van der Waals surface area contributed by atoms with Crippen LogP contribution in [0.5, 0.6) is 0 Å². The maximum absolute atomic E-state index is 13.3. The van der Waals surface area contributed by atoms with Crippen molar-refractivity contribution in [3.8, 4) is 0 Å². The summed E-state index contributed by atoms with van der Waals surface area (Å²) in [5.74, 6) is -0.391. The van der Waals surface area contributed by atoms with E-state index < -0.39 is 12.0 Å². The van der Waals surface area contributed by atoms with Gasteiger partial charge in [0.25, 0.3) is 0 Å². The fourth-order valence-electron chi connectivity index (χ4n) is 4.95. The van der Waals surface area contributed by atoms with Gasteiger partial charge in [0.05, 0.1) is 18.2 Å². The minimum absolute atomic E-state index is 0.228.